The van der Waals surface area contributed by atoms with Crippen LogP contribution in [0.3, 0.4) is 0 Å². The molecule has 0 spiro atoms. The second-order valence-electron chi connectivity index (χ2n) is 10.9. The van der Waals surface area contributed by atoms with Gasteiger partial charge in [0.1, 0.15) is 6.10 Å². The first-order valence-electron chi connectivity index (χ1n) is 12.9. The van der Waals surface area contributed by atoms with Gasteiger partial charge in [0.25, 0.3) is 0 Å². The fourth-order valence-electron chi connectivity index (χ4n) is 6.65. The van der Waals surface area contributed by atoms with Crippen molar-refractivity contribution in [3.63, 3.8) is 0 Å². The number of aliphatic hydroxyl groups excluding tert-OH is 2. The zero-order chi connectivity index (χ0) is 25.8. The van der Waals surface area contributed by atoms with Gasteiger partial charge in [0.05, 0.1) is 12.7 Å². The Labute approximate surface area is 213 Å². The van der Waals surface area contributed by atoms with Crippen LogP contribution < -0.4 is 10.6 Å². The zero-order valence-electron chi connectivity index (χ0n) is 21.2. The van der Waals surface area contributed by atoms with Crippen LogP contribution >= 0.6 is 0 Å². The predicted octanol–water partition coefficient (Wildman–Crippen LogP) is 4.50. The Hall–Kier alpha value is -2.90. The van der Waals surface area contributed by atoms with Gasteiger partial charge in [0.2, 0.25) is 5.91 Å². The summed E-state index contributed by atoms with van der Waals surface area (Å²) in [5.41, 5.74) is 0.629. The maximum atomic E-state index is 12.9. The molecule has 4 N–H and O–H groups in total. The molecule has 0 heterocycles. The van der Waals surface area contributed by atoms with Gasteiger partial charge in [-0.25, -0.2) is 4.79 Å². The summed E-state index contributed by atoms with van der Waals surface area (Å²) in [5.74, 6) is -0.332. The van der Waals surface area contributed by atoms with Crippen LogP contribution in [0.15, 0.2) is 60.7 Å². The number of anilines is 1. The van der Waals surface area contributed by atoms with E-state index in [-0.39, 0.29) is 36.2 Å². The van der Waals surface area contributed by atoms with Crippen molar-refractivity contribution in [3.8, 4) is 0 Å². The highest BCUT2D eigenvalue weighted by molar-refractivity contribution is 5.84. The van der Waals surface area contributed by atoms with Crippen molar-refractivity contribution in [1.29, 1.82) is 0 Å². The van der Waals surface area contributed by atoms with E-state index in [0.717, 1.165) is 5.56 Å². The third-order valence-electron chi connectivity index (χ3n) is 8.68. The van der Waals surface area contributed by atoms with E-state index in [0.29, 0.717) is 37.9 Å². The lowest BCUT2D eigenvalue weighted by Gasteiger charge is -2.60. The van der Waals surface area contributed by atoms with Crippen molar-refractivity contribution in [1.82, 2.24) is 5.32 Å². The molecule has 194 valence electrons. The van der Waals surface area contributed by atoms with E-state index in [2.05, 4.69) is 17.6 Å². The van der Waals surface area contributed by atoms with E-state index in [9.17, 15) is 19.8 Å². The summed E-state index contributed by atoms with van der Waals surface area (Å²) in [7, 11) is 0. The molecule has 0 bridgehead atoms. The average Bonchev–Trinajstić information content (AvgIpc) is 2.88. The molecule has 0 unspecified atom stereocenters. The van der Waals surface area contributed by atoms with Crippen molar-refractivity contribution >= 4 is 17.7 Å². The molecule has 2 aliphatic rings. The van der Waals surface area contributed by atoms with Crippen molar-refractivity contribution < 1.29 is 24.5 Å². The quantitative estimate of drug-likeness (QED) is 0.453. The minimum absolute atomic E-state index is 0.00593. The molecule has 7 nitrogen and oxygen atoms in total. The number of ether oxygens (including phenoxy) is 1. The van der Waals surface area contributed by atoms with Crippen LogP contribution in [0.2, 0.25) is 0 Å². The summed E-state index contributed by atoms with van der Waals surface area (Å²) in [5, 5.41) is 27.3. The number of amides is 2. The Morgan fingerprint density at radius 3 is 2.33 bits per heavy atom. The summed E-state index contributed by atoms with van der Waals surface area (Å²) in [6.07, 6.45) is 1.14. The Balaban J connectivity index is 1.45. The molecule has 0 aliphatic heterocycles. The van der Waals surface area contributed by atoms with Crippen LogP contribution in [-0.2, 0) is 16.1 Å². The summed E-state index contributed by atoms with van der Waals surface area (Å²) in [6.45, 7) is 4.41. The Morgan fingerprint density at radius 2 is 1.67 bits per heavy atom. The molecular formula is C29H38N2O5. The number of aliphatic hydroxyl groups is 2. The van der Waals surface area contributed by atoms with E-state index < -0.39 is 23.7 Å². The van der Waals surface area contributed by atoms with Gasteiger partial charge < -0.3 is 20.3 Å². The monoisotopic (exact) mass is 494 g/mol. The van der Waals surface area contributed by atoms with Gasteiger partial charge >= 0.3 is 6.09 Å². The molecule has 0 radical (unpaired) electrons. The first-order valence-corrected chi connectivity index (χ1v) is 12.9. The SMILES string of the molecule is C[C@]1(CO)[C@H]2CC[C@@H](O)[C@@H](CC(=O)NCc3ccccc3)[C@]2(C)CC[C@H]1OC(=O)Nc1ccccc1. The molecular weight excluding hydrogens is 456 g/mol. The lowest BCUT2D eigenvalue weighted by Crippen LogP contribution is -2.61. The molecule has 36 heavy (non-hydrogen) atoms. The normalized spacial score (nSPS) is 31.7. The third kappa shape index (κ3) is 5.42. The molecule has 7 heteroatoms. The number of fused-ring (bicyclic) bond motifs is 1. The highest BCUT2D eigenvalue weighted by Crippen LogP contribution is 2.61. The second kappa shape index (κ2) is 11.0. The van der Waals surface area contributed by atoms with Gasteiger partial charge in [-0.3, -0.25) is 10.1 Å². The third-order valence-corrected chi connectivity index (χ3v) is 8.68. The highest BCUT2D eigenvalue weighted by atomic mass is 16.6. The lowest BCUT2D eigenvalue weighted by molar-refractivity contribution is -0.185. The Morgan fingerprint density at radius 1 is 1.00 bits per heavy atom. The number of nitrogens with one attached hydrogen (secondary N) is 2. The standard InChI is InChI=1S/C29H38N2O5/c1-28-16-15-25(36-27(35)31-21-11-7-4-8-12-21)29(2,19-32)24(28)14-13-23(33)22(28)17-26(34)30-18-20-9-5-3-6-10-20/h3-12,22-25,32-33H,13-19H2,1-2H3,(H,30,34)(H,31,35)/t22-,23-,24+,25-,28+,29+/m1/s1. The number of hydrogen-bond donors (Lipinski definition) is 4. The number of hydrogen-bond acceptors (Lipinski definition) is 5. The number of para-hydroxylation sites is 1. The summed E-state index contributed by atoms with van der Waals surface area (Å²) >= 11 is 0. The maximum absolute atomic E-state index is 12.9. The predicted molar refractivity (Wildman–Crippen MR) is 138 cm³/mol. The molecule has 0 saturated heterocycles. The summed E-state index contributed by atoms with van der Waals surface area (Å²) < 4.78 is 5.87. The van der Waals surface area contributed by atoms with Crippen LogP contribution in [0.5, 0.6) is 0 Å². The summed E-state index contributed by atoms with van der Waals surface area (Å²) in [4.78, 5) is 25.6. The molecule has 4 rings (SSSR count). The lowest BCUT2D eigenvalue weighted by atomic mass is 9.46. The maximum Gasteiger partial charge on any atom is 0.411 e. The molecule has 0 aromatic heterocycles. The van der Waals surface area contributed by atoms with Gasteiger partial charge in [0, 0.05) is 24.1 Å². The number of carbonyl (C=O) groups excluding carboxylic acids is 2. The van der Waals surface area contributed by atoms with Crippen LogP contribution in [-0.4, -0.2) is 41.0 Å². The van der Waals surface area contributed by atoms with E-state index in [1.165, 1.54) is 0 Å². The minimum atomic E-state index is -0.681. The Kier molecular flexibility index (Phi) is 8.00. The molecule has 2 saturated carbocycles. The van der Waals surface area contributed by atoms with Crippen molar-refractivity contribution in [3.05, 3.63) is 66.2 Å². The zero-order valence-corrected chi connectivity index (χ0v) is 21.2. The molecule has 2 fully saturated rings. The van der Waals surface area contributed by atoms with E-state index >= 15 is 0 Å². The highest BCUT2D eigenvalue weighted by Gasteiger charge is 2.60. The fourth-order valence-corrected chi connectivity index (χ4v) is 6.65. The average molecular weight is 495 g/mol. The van der Waals surface area contributed by atoms with Gasteiger partial charge in [-0.1, -0.05) is 62.4 Å². The molecule has 2 aliphatic carbocycles. The number of rotatable bonds is 7. The van der Waals surface area contributed by atoms with Crippen molar-refractivity contribution in [2.24, 2.45) is 22.7 Å². The van der Waals surface area contributed by atoms with Gasteiger partial charge in [-0.15, -0.1) is 0 Å². The first kappa shape index (κ1) is 26.2. The fraction of sp³-hybridized carbons (Fsp3) is 0.517. The summed E-state index contributed by atoms with van der Waals surface area (Å²) in [6, 6.07) is 18.9. The molecule has 2 aromatic carbocycles. The van der Waals surface area contributed by atoms with Crippen LogP contribution in [0.1, 0.15) is 51.5 Å². The van der Waals surface area contributed by atoms with Crippen molar-refractivity contribution in [2.45, 2.75) is 64.7 Å². The number of benzene rings is 2. The van der Waals surface area contributed by atoms with Gasteiger partial charge in [-0.2, -0.15) is 0 Å². The molecule has 6 atom stereocenters. The van der Waals surface area contributed by atoms with Gasteiger partial charge in [-0.05, 0) is 60.6 Å². The van der Waals surface area contributed by atoms with E-state index in [4.69, 9.17) is 4.74 Å². The van der Waals surface area contributed by atoms with Crippen LogP contribution in [0.25, 0.3) is 0 Å². The van der Waals surface area contributed by atoms with Gasteiger partial charge in [0.15, 0.2) is 0 Å². The Bertz CT molecular complexity index is 1030. The topological polar surface area (TPSA) is 108 Å². The van der Waals surface area contributed by atoms with E-state index in [1.807, 2.05) is 55.5 Å². The number of carbonyl (C=O) groups is 2. The largest absolute Gasteiger partial charge is 0.445 e. The second-order valence-corrected chi connectivity index (χ2v) is 10.9. The minimum Gasteiger partial charge on any atom is -0.445 e. The van der Waals surface area contributed by atoms with Crippen LogP contribution in [0.4, 0.5) is 10.5 Å². The first-order chi connectivity index (χ1) is 17.3. The smallest absolute Gasteiger partial charge is 0.411 e. The van der Waals surface area contributed by atoms with Crippen molar-refractivity contribution in [2.75, 3.05) is 11.9 Å². The molecule has 2 amide bonds. The molecule has 2 aromatic rings. The van der Waals surface area contributed by atoms with Crippen LogP contribution in [0, 0.1) is 22.7 Å². The van der Waals surface area contributed by atoms with E-state index in [1.54, 1.807) is 12.1 Å².